The zero-order valence-electron chi connectivity index (χ0n) is 12.0. The molecule has 0 unspecified atom stereocenters. The molecule has 0 aliphatic carbocycles. The minimum absolute atomic E-state index is 0.0866. The molecule has 7 nitrogen and oxygen atoms in total. The van der Waals surface area contributed by atoms with Crippen LogP contribution in [0.15, 0.2) is 33.7 Å². The van der Waals surface area contributed by atoms with Crippen LogP contribution in [0.25, 0.3) is 0 Å². The van der Waals surface area contributed by atoms with Gasteiger partial charge in [0, 0.05) is 12.3 Å². The van der Waals surface area contributed by atoms with E-state index in [1.165, 1.54) is 12.3 Å². The second-order valence-electron chi connectivity index (χ2n) is 4.45. The number of hydrogen-bond donors (Lipinski definition) is 2. The Kier molecular flexibility index (Phi) is 5.05. The number of nitrogens with zero attached hydrogens (tertiary/aromatic N) is 2. The standard InChI is InChI=1S/C13H18N4O3S/c1-3-14-9-12-7-13(10(2)20-12)21(18,19)16-8-11-5-4-6-15-17-11/h4-7,14,16H,3,8-9H2,1-2H3. The lowest BCUT2D eigenvalue weighted by molar-refractivity contribution is 0.460. The second-order valence-corrected chi connectivity index (χ2v) is 6.19. The molecule has 0 aromatic carbocycles. The molecule has 0 spiro atoms. The molecule has 0 amide bonds. The van der Waals surface area contributed by atoms with Crippen molar-refractivity contribution >= 4 is 10.0 Å². The van der Waals surface area contributed by atoms with Crippen molar-refractivity contribution in [3.63, 3.8) is 0 Å². The SMILES string of the molecule is CCNCc1cc(S(=O)(=O)NCc2cccnn2)c(C)o1. The van der Waals surface area contributed by atoms with Gasteiger partial charge in [0.15, 0.2) is 0 Å². The van der Waals surface area contributed by atoms with Crippen molar-refractivity contribution in [2.24, 2.45) is 0 Å². The molecule has 2 rings (SSSR count). The number of furan rings is 1. The summed E-state index contributed by atoms with van der Waals surface area (Å²) >= 11 is 0. The normalized spacial score (nSPS) is 11.7. The molecule has 0 aliphatic heterocycles. The lowest BCUT2D eigenvalue weighted by Gasteiger charge is -2.04. The molecule has 2 aromatic heterocycles. The van der Waals surface area contributed by atoms with Gasteiger partial charge in [-0.2, -0.15) is 10.2 Å². The zero-order valence-corrected chi connectivity index (χ0v) is 12.8. The van der Waals surface area contributed by atoms with Crippen LogP contribution in [0.5, 0.6) is 0 Å². The summed E-state index contributed by atoms with van der Waals surface area (Å²) in [5, 5.41) is 10.6. The van der Waals surface area contributed by atoms with Crippen molar-refractivity contribution in [1.82, 2.24) is 20.2 Å². The van der Waals surface area contributed by atoms with Gasteiger partial charge in [-0.25, -0.2) is 13.1 Å². The Bertz CT molecular complexity index is 683. The monoisotopic (exact) mass is 310 g/mol. The molecule has 0 saturated heterocycles. The average molecular weight is 310 g/mol. The topological polar surface area (TPSA) is 97.1 Å². The fourth-order valence-corrected chi connectivity index (χ4v) is 3.00. The van der Waals surface area contributed by atoms with Crippen molar-refractivity contribution < 1.29 is 12.8 Å². The smallest absolute Gasteiger partial charge is 0.244 e. The Balaban J connectivity index is 2.10. The Morgan fingerprint density at radius 1 is 1.33 bits per heavy atom. The van der Waals surface area contributed by atoms with Crippen LogP contribution in [-0.4, -0.2) is 25.2 Å². The number of aryl methyl sites for hydroxylation is 1. The summed E-state index contributed by atoms with van der Waals surface area (Å²) in [7, 11) is -3.63. The van der Waals surface area contributed by atoms with E-state index in [1.54, 1.807) is 19.1 Å². The van der Waals surface area contributed by atoms with E-state index in [2.05, 4.69) is 20.2 Å². The summed E-state index contributed by atoms with van der Waals surface area (Å²) in [6.45, 7) is 4.97. The Hall–Kier alpha value is -1.77. The highest BCUT2D eigenvalue weighted by Gasteiger charge is 2.21. The molecule has 0 aliphatic rings. The lowest BCUT2D eigenvalue weighted by Crippen LogP contribution is -2.24. The van der Waals surface area contributed by atoms with Crippen LogP contribution in [0.3, 0.4) is 0 Å². The predicted octanol–water partition coefficient (Wildman–Crippen LogP) is 0.966. The van der Waals surface area contributed by atoms with Crippen molar-refractivity contribution in [3.05, 3.63) is 41.6 Å². The van der Waals surface area contributed by atoms with E-state index in [-0.39, 0.29) is 11.4 Å². The maximum atomic E-state index is 12.3. The van der Waals surface area contributed by atoms with E-state index in [0.717, 1.165) is 6.54 Å². The van der Waals surface area contributed by atoms with Gasteiger partial charge in [-0.3, -0.25) is 0 Å². The number of hydrogen-bond acceptors (Lipinski definition) is 6. The van der Waals surface area contributed by atoms with E-state index in [4.69, 9.17) is 4.42 Å². The molecule has 0 bridgehead atoms. The minimum atomic E-state index is -3.63. The Morgan fingerprint density at radius 2 is 2.14 bits per heavy atom. The minimum Gasteiger partial charge on any atom is -0.464 e. The molecular weight excluding hydrogens is 292 g/mol. The summed E-state index contributed by atoms with van der Waals surface area (Å²) < 4.78 is 32.5. The van der Waals surface area contributed by atoms with Crippen molar-refractivity contribution in [2.75, 3.05) is 6.54 Å². The quantitative estimate of drug-likeness (QED) is 0.791. The van der Waals surface area contributed by atoms with Crippen LogP contribution >= 0.6 is 0 Å². The van der Waals surface area contributed by atoms with Crippen molar-refractivity contribution in [2.45, 2.75) is 31.8 Å². The van der Waals surface area contributed by atoms with Gasteiger partial charge >= 0.3 is 0 Å². The van der Waals surface area contributed by atoms with Crippen molar-refractivity contribution in [3.8, 4) is 0 Å². The van der Waals surface area contributed by atoms with Crippen LogP contribution in [-0.2, 0) is 23.1 Å². The average Bonchev–Trinajstić information content (AvgIpc) is 2.86. The highest BCUT2D eigenvalue weighted by atomic mass is 32.2. The molecule has 0 atom stereocenters. The number of sulfonamides is 1. The lowest BCUT2D eigenvalue weighted by atomic mass is 10.4. The van der Waals surface area contributed by atoms with E-state index in [1.807, 2.05) is 6.92 Å². The molecule has 2 heterocycles. The van der Waals surface area contributed by atoms with Crippen LogP contribution < -0.4 is 10.0 Å². The number of aromatic nitrogens is 2. The van der Waals surface area contributed by atoms with Crippen molar-refractivity contribution in [1.29, 1.82) is 0 Å². The first kappa shape index (κ1) is 15.6. The van der Waals surface area contributed by atoms with Gasteiger partial charge in [-0.05, 0) is 25.6 Å². The van der Waals surface area contributed by atoms with Gasteiger partial charge in [0.25, 0.3) is 0 Å². The zero-order chi connectivity index (χ0) is 15.3. The third-order valence-corrected chi connectivity index (χ3v) is 4.34. The fourth-order valence-electron chi connectivity index (χ4n) is 1.80. The van der Waals surface area contributed by atoms with Gasteiger partial charge in [-0.1, -0.05) is 6.92 Å². The van der Waals surface area contributed by atoms with E-state index in [9.17, 15) is 8.42 Å². The third kappa shape index (κ3) is 4.10. The largest absolute Gasteiger partial charge is 0.464 e. The van der Waals surface area contributed by atoms with Gasteiger partial charge in [0.05, 0.1) is 18.8 Å². The van der Waals surface area contributed by atoms with Crippen LogP contribution in [0.4, 0.5) is 0 Å². The summed E-state index contributed by atoms with van der Waals surface area (Å²) in [6, 6.07) is 4.94. The van der Waals surface area contributed by atoms with Gasteiger partial charge in [-0.15, -0.1) is 0 Å². The fraction of sp³-hybridized carbons (Fsp3) is 0.385. The number of rotatable bonds is 7. The maximum Gasteiger partial charge on any atom is 0.244 e. The summed E-state index contributed by atoms with van der Waals surface area (Å²) in [5.41, 5.74) is 0.551. The van der Waals surface area contributed by atoms with Gasteiger partial charge < -0.3 is 9.73 Å². The second kappa shape index (κ2) is 6.79. The molecule has 0 radical (unpaired) electrons. The molecule has 2 N–H and O–H groups in total. The van der Waals surface area contributed by atoms with Gasteiger partial charge in [0.1, 0.15) is 16.4 Å². The molecular formula is C13H18N4O3S. The summed E-state index contributed by atoms with van der Waals surface area (Å²) in [4.78, 5) is 0.152. The third-order valence-electron chi connectivity index (χ3n) is 2.83. The summed E-state index contributed by atoms with van der Waals surface area (Å²) in [6.07, 6.45) is 1.53. The Labute approximate surface area is 123 Å². The van der Waals surface area contributed by atoms with Crippen LogP contribution in [0.1, 0.15) is 24.1 Å². The number of nitrogens with one attached hydrogen (secondary N) is 2. The predicted molar refractivity (Wildman–Crippen MR) is 76.9 cm³/mol. The highest BCUT2D eigenvalue weighted by Crippen LogP contribution is 2.20. The first-order valence-electron chi connectivity index (χ1n) is 6.59. The molecule has 114 valence electrons. The van der Waals surface area contributed by atoms with E-state index >= 15 is 0 Å². The van der Waals surface area contributed by atoms with Crippen LogP contribution in [0.2, 0.25) is 0 Å². The highest BCUT2D eigenvalue weighted by molar-refractivity contribution is 7.89. The Morgan fingerprint density at radius 3 is 2.81 bits per heavy atom. The first-order valence-corrected chi connectivity index (χ1v) is 8.07. The summed E-state index contributed by atoms with van der Waals surface area (Å²) in [5.74, 6) is 0.962. The van der Waals surface area contributed by atoms with E-state index in [0.29, 0.717) is 23.8 Å². The van der Waals surface area contributed by atoms with E-state index < -0.39 is 10.0 Å². The maximum absolute atomic E-state index is 12.3. The molecule has 0 fully saturated rings. The first-order chi connectivity index (χ1) is 10.0. The van der Waals surface area contributed by atoms with Crippen LogP contribution in [0, 0.1) is 6.92 Å². The molecule has 8 heteroatoms. The van der Waals surface area contributed by atoms with Gasteiger partial charge in [0.2, 0.25) is 10.0 Å². The molecule has 2 aromatic rings. The molecule has 0 saturated carbocycles. The molecule has 21 heavy (non-hydrogen) atoms.